The fourth-order valence-electron chi connectivity index (χ4n) is 3.27. The lowest BCUT2D eigenvalue weighted by Gasteiger charge is -2.29. The monoisotopic (exact) mass is 271 g/mol. The van der Waals surface area contributed by atoms with E-state index in [1.165, 1.54) is 25.0 Å². The Kier molecular flexibility index (Phi) is 3.17. The van der Waals surface area contributed by atoms with E-state index >= 15 is 0 Å². The van der Waals surface area contributed by atoms with Crippen LogP contribution in [0, 0.1) is 0 Å². The highest BCUT2D eigenvalue weighted by Gasteiger charge is 2.34. The summed E-state index contributed by atoms with van der Waals surface area (Å²) >= 11 is 0. The molecule has 3 atom stereocenters. The van der Waals surface area contributed by atoms with Gasteiger partial charge in [0, 0.05) is 12.1 Å². The number of hydrogen-bond donors (Lipinski definition) is 1. The van der Waals surface area contributed by atoms with Gasteiger partial charge < -0.3 is 10.1 Å². The molecule has 19 heavy (non-hydrogen) atoms. The molecule has 1 aromatic carbocycles. The summed E-state index contributed by atoms with van der Waals surface area (Å²) in [5.41, 5.74) is 1.12. The topological polar surface area (TPSA) is 21.3 Å². The van der Waals surface area contributed by atoms with Gasteiger partial charge in [0.15, 0.2) is 0 Å². The average molecular weight is 271 g/mol. The molecular weight excluding hydrogens is 255 g/mol. The van der Waals surface area contributed by atoms with Crippen molar-refractivity contribution < 1.29 is 17.9 Å². The van der Waals surface area contributed by atoms with Crippen LogP contribution in [0.1, 0.15) is 37.2 Å². The maximum atomic E-state index is 12.1. The van der Waals surface area contributed by atoms with Crippen LogP contribution in [0.25, 0.3) is 0 Å². The van der Waals surface area contributed by atoms with Crippen molar-refractivity contribution in [1.29, 1.82) is 0 Å². The Labute approximate surface area is 109 Å². The molecular formula is C14H16F3NO. The summed E-state index contributed by atoms with van der Waals surface area (Å²) in [7, 11) is 0. The standard InChI is InChI=1S/C14H16F3NO/c15-14(16,17)19-13-5-1-9(2-6-13)10-7-11-3-4-12(8-10)18-11/h1-2,5-6,10-12,18H,3-4,7-8H2/t10?,11-,12+. The van der Waals surface area contributed by atoms with Gasteiger partial charge in [-0.25, -0.2) is 0 Å². The van der Waals surface area contributed by atoms with Gasteiger partial charge in [0.1, 0.15) is 5.75 Å². The van der Waals surface area contributed by atoms with E-state index in [-0.39, 0.29) is 5.75 Å². The zero-order valence-electron chi connectivity index (χ0n) is 10.4. The van der Waals surface area contributed by atoms with Crippen molar-refractivity contribution in [2.24, 2.45) is 0 Å². The average Bonchev–Trinajstić information content (AvgIpc) is 2.67. The van der Waals surface area contributed by atoms with Crippen molar-refractivity contribution in [3.63, 3.8) is 0 Å². The van der Waals surface area contributed by atoms with Crippen molar-refractivity contribution in [1.82, 2.24) is 5.32 Å². The van der Waals surface area contributed by atoms with Crippen LogP contribution in [0.4, 0.5) is 13.2 Å². The molecule has 2 heterocycles. The number of halogens is 3. The van der Waals surface area contributed by atoms with E-state index in [0.717, 1.165) is 18.4 Å². The lowest BCUT2D eigenvalue weighted by atomic mass is 9.86. The first-order chi connectivity index (χ1) is 8.99. The Bertz CT molecular complexity index is 431. The number of rotatable bonds is 2. The number of hydrogen-bond acceptors (Lipinski definition) is 2. The van der Waals surface area contributed by atoms with Crippen LogP contribution in [0.15, 0.2) is 24.3 Å². The number of piperidine rings is 1. The van der Waals surface area contributed by atoms with Gasteiger partial charge in [0.25, 0.3) is 0 Å². The molecule has 2 fully saturated rings. The smallest absolute Gasteiger partial charge is 0.406 e. The van der Waals surface area contributed by atoms with Crippen LogP contribution < -0.4 is 10.1 Å². The maximum Gasteiger partial charge on any atom is 0.573 e. The molecule has 2 nitrogen and oxygen atoms in total. The Morgan fingerprint density at radius 2 is 1.58 bits per heavy atom. The SMILES string of the molecule is FC(F)(F)Oc1ccc(C2C[C@H]3CC[C@@H](C2)N3)cc1. The van der Waals surface area contributed by atoms with Crippen molar-refractivity contribution in [3.8, 4) is 5.75 Å². The molecule has 2 aliphatic heterocycles. The van der Waals surface area contributed by atoms with Crippen molar-refractivity contribution in [2.75, 3.05) is 0 Å². The zero-order chi connectivity index (χ0) is 13.5. The molecule has 0 amide bonds. The van der Waals surface area contributed by atoms with Gasteiger partial charge in [0.2, 0.25) is 0 Å². The van der Waals surface area contributed by atoms with Gasteiger partial charge in [-0.2, -0.15) is 0 Å². The Balaban J connectivity index is 1.69. The second-order valence-electron chi connectivity index (χ2n) is 5.42. The highest BCUT2D eigenvalue weighted by atomic mass is 19.4. The van der Waals surface area contributed by atoms with E-state index in [0.29, 0.717) is 18.0 Å². The maximum absolute atomic E-state index is 12.1. The predicted molar refractivity (Wildman–Crippen MR) is 65.0 cm³/mol. The molecule has 1 N–H and O–H groups in total. The number of fused-ring (bicyclic) bond motifs is 2. The second-order valence-corrected chi connectivity index (χ2v) is 5.42. The third-order valence-electron chi connectivity index (χ3n) is 4.06. The first kappa shape index (κ1) is 12.8. The first-order valence-corrected chi connectivity index (χ1v) is 6.61. The quantitative estimate of drug-likeness (QED) is 0.887. The number of benzene rings is 1. The van der Waals surface area contributed by atoms with Gasteiger partial charge >= 0.3 is 6.36 Å². The lowest BCUT2D eigenvalue weighted by Crippen LogP contribution is -2.37. The normalized spacial score (nSPS) is 30.4. The van der Waals surface area contributed by atoms with Gasteiger partial charge in [0.05, 0.1) is 0 Å². The molecule has 0 radical (unpaired) electrons. The summed E-state index contributed by atoms with van der Waals surface area (Å²) in [6.45, 7) is 0. The molecule has 2 saturated heterocycles. The predicted octanol–water partition coefficient (Wildman–Crippen LogP) is 3.58. The number of ether oxygens (including phenoxy) is 1. The van der Waals surface area contributed by atoms with E-state index in [1.807, 2.05) is 0 Å². The third kappa shape index (κ3) is 3.03. The van der Waals surface area contributed by atoms with Crippen molar-refractivity contribution in [2.45, 2.75) is 50.0 Å². The molecule has 104 valence electrons. The lowest BCUT2D eigenvalue weighted by molar-refractivity contribution is -0.274. The molecule has 2 aliphatic rings. The minimum absolute atomic E-state index is 0.145. The third-order valence-corrected chi connectivity index (χ3v) is 4.06. The van der Waals surface area contributed by atoms with Crippen LogP contribution in [0.5, 0.6) is 5.75 Å². The molecule has 0 aliphatic carbocycles. The van der Waals surface area contributed by atoms with Crippen molar-refractivity contribution >= 4 is 0 Å². The first-order valence-electron chi connectivity index (χ1n) is 6.61. The van der Waals surface area contributed by atoms with Gasteiger partial charge in [-0.3, -0.25) is 0 Å². The molecule has 0 saturated carbocycles. The summed E-state index contributed by atoms with van der Waals surface area (Å²) < 4.78 is 40.1. The second kappa shape index (κ2) is 4.71. The summed E-state index contributed by atoms with van der Waals surface area (Å²) in [5, 5.41) is 3.56. The molecule has 0 aromatic heterocycles. The Morgan fingerprint density at radius 3 is 2.11 bits per heavy atom. The van der Waals surface area contributed by atoms with Crippen LogP contribution >= 0.6 is 0 Å². The van der Waals surface area contributed by atoms with E-state index in [4.69, 9.17) is 0 Å². The van der Waals surface area contributed by atoms with E-state index in [9.17, 15) is 13.2 Å². The Hall–Kier alpha value is -1.23. The molecule has 1 unspecified atom stereocenters. The zero-order valence-corrected chi connectivity index (χ0v) is 10.4. The summed E-state index contributed by atoms with van der Waals surface area (Å²) in [6, 6.07) is 7.50. The van der Waals surface area contributed by atoms with E-state index in [2.05, 4.69) is 10.1 Å². The van der Waals surface area contributed by atoms with E-state index < -0.39 is 6.36 Å². The van der Waals surface area contributed by atoms with Crippen LogP contribution in [0.3, 0.4) is 0 Å². The molecule has 0 spiro atoms. The summed E-state index contributed by atoms with van der Waals surface area (Å²) in [5.74, 6) is 0.312. The fourth-order valence-corrected chi connectivity index (χ4v) is 3.27. The van der Waals surface area contributed by atoms with Crippen molar-refractivity contribution in [3.05, 3.63) is 29.8 Å². The number of alkyl halides is 3. The van der Waals surface area contributed by atoms with Gasteiger partial charge in [-0.15, -0.1) is 13.2 Å². The molecule has 3 rings (SSSR count). The fraction of sp³-hybridized carbons (Fsp3) is 0.571. The largest absolute Gasteiger partial charge is 0.573 e. The molecule has 1 aromatic rings. The Morgan fingerprint density at radius 1 is 1.00 bits per heavy atom. The summed E-state index contributed by atoms with van der Waals surface area (Å²) in [4.78, 5) is 0. The van der Waals surface area contributed by atoms with Crippen LogP contribution in [-0.2, 0) is 0 Å². The highest BCUT2D eigenvalue weighted by molar-refractivity contribution is 5.30. The van der Waals surface area contributed by atoms with Crippen LogP contribution in [0.2, 0.25) is 0 Å². The number of nitrogens with one attached hydrogen (secondary N) is 1. The van der Waals surface area contributed by atoms with Gasteiger partial charge in [-0.05, 0) is 49.3 Å². The minimum Gasteiger partial charge on any atom is -0.406 e. The minimum atomic E-state index is -4.62. The summed E-state index contributed by atoms with van der Waals surface area (Å²) in [6.07, 6.45) is -0.0196. The molecule has 2 bridgehead atoms. The van der Waals surface area contributed by atoms with Gasteiger partial charge in [-0.1, -0.05) is 12.1 Å². The highest BCUT2D eigenvalue weighted by Crippen LogP contribution is 2.37. The van der Waals surface area contributed by atoms with Crippen LogP contribution in [-0.4, -0.2) is 18.4 Å². The van der Waals surface area contributed by atoms with E-state index in [1.54, 1.807) is 12.1 Å². The molecule has 5 heteroatoms.